The maximum absolute atomic E-state index is 12.3. The maximum atomic E-state index is 12.3. The lowest BCUT2D eigenvalue weighted by atomic mass is 10.2. The van der Waals surface area contributed by atoms with Gasteiger partial charge in [-0.3, -0.25) is 5.43 Å². The molecule has 3 nitrogen and oxygen atoms in total. The summed E-state index contributed by atoms with van der Waals surface area (Å²) in [5.74, 6) is 0.243. The zero-order valence-electron chi connectivity index (χ0n) is 10.9. The Labute approximate surface area is 119 Å². The number of rotatable bonds is 4. The number of aromatic nitrogens is 1. The van der Waals surface area contributed by atoms with E-state index in [4.69, 9.17) is 0 Å². The molecule has 0 atom stereocenters. The molecule has 0 fully saturated rings. The van der Waals surface area contributed by atoms with Crippen molar-refractivity contribution in [3.05, 3.63) is 65.9 Å². The molecular formula is C15H12F3N3. The monoisotopic (exact) mass is 291 g/mol. The molecule has 0 aliphatic rings. The highest BCUT2D eigenvalue weighted by molar-refractivity contribution is 5.78. The number of halogens is 3. The Morgan fingerprint density at radius 3 is 2.43 bits per heavy atom. The second-order valence-corrected chi connectivity index (χ2v) is 4.09. The van der Waals surface area contributed by atoms with Crippen molar-refractivity contribution in [3.8, 4) is 0 Å². The Morgan fingerprint density at radius 1 is 1.05 bits per heavy atom. The van der Waals surface area contributed by atoms with E-state index < -0.39 is 11.7 Å². The Balaban J connectivity index is 1.88. The van der Waals surface area contributed by atoms with Gasteiger partial charge in [0, 0.05) is 12.4 Å². The van der Waals surface area contributed by atoms with Crippen molar-refractivity contribution in [1.82, 2.24) is 4.98 Å². The zero-order chi connectivity index (χ0) is 15.1. The van der Waals surface area contributed by atoms with Crippen molar-refractivity contribution in [2.45, 2.75) is 6.18 Å². The second kappa shape index (κ2) is 6.69. The lowest BCUT2D eigenvalue weighted by Gasteiger charge is -2.06. The molecule has 0 saturated heterocycles. The van der Waals surface area contributed by atoms with Gasteiger partial charge in [0.05, 0.1) is 5.56 Å². The number of benzene rings is 1. The van der Waals surface area contributed by atoms with Crippen LogP contribution in [0.15, 0.2) is 59.8 Å². The van der Waals surface area contributed by atoms with Crippen LogP contribution >= 0.6 is 0 Å². The van der Waals surface area contributed by atoms with Crippen molar-refractivity contribution in [2.75, 3.05) is 5.43 Å². The first-order valence-electron chi connectivity index (χ1n) is 6.10. The molecule has 1 aromatic heterocycles. The number of nitrogens with one attached hydrogen (secondary N) is 1. The lowest BCUT2D eigenvalue weighted by molar-refractivity contribution is -0.137. The molecule has 6 heteroatoms. The molecule has 21 heavy (non-hydrogen) atoms. The molecule has 0 bridgehead atoms. The van der Waals surface area contributed by atoms with Crippen LogP contribution < -0.4 is 5.43 Å². The number of hydrogen-bond acceptors (Lipinski definition) is 3. The van der Waals surface area contributed by atoms with E-state index in [1.807, 2.05) is 36.4 Å². The Hall–Kier alpha value is -2.63. The van der Waals surface area contributed by atoms with E-state index in [0.717, 1.165) is 17.8 Å². The van der Waals surface area contributed by atoms with E-state index in [-0.39, 0.29) is 5.82 Å². The fraction of sp³-hybridized carbons (Fsp3) is 0.0667. The molecule has 0 aliphatic carbocycles. The third-order valence-electron chi connectivity index (χ3n) is 2.52. The third-order valence-corrected chi connectivity index (χ3v) is 2.52. The van der Waals surface area contributed by atoms with Crippen LogP contribution in [-0.2, 0) is 6.18 Å². The summed E-state index contributed by atoms with van der Waals surface area (Å²) in [6.07, 6.45) is 1.44. The molecule has 1 N–H and O–H groups in total. The number of pyridine rings is 1. The van der Waals surface area contributed by atoms with Crippen LogP contribution in [0.1, 0.15) is 11.1 Å². The Bertz CT molecular complexity index is 617. The zero-order valence-corrected chi connectivity index (χ0v) is 10.9. The van der Waals surface area contributed by atoms with Gasteiger partial charge in [0.2, 0.25) is 0 Å². The molecule has 0 aliphatic heterocycles. The van der Waals surface area contributed by atoms with Gasteiger partial charge >= 0.3 is 6.18 Å². The van der Waals surface area contributed by atoms with Crippen LogP contribution in [0.5, 0.6) is 0 Å². The van der Waals surface area contributed by atoms with Gasteiger partial charge in [-0.25, -0.2) is 4.98 Å². The van der Waals surface area contributed by atoms with E-state index >= 15 is 0 Å². The van der Waals surface area contributed by atoms with Crippen molar-refractivity contribution in [1.29, 1.82) is 0 Å². The molecule has 0 spiro atoms. The lowest BCUT2D eigenvalue weighted by Crippen LogP contribution is -2.05. The first-order valence-corrected chi connectivity index (χ1v) is 6.10. The van der Waals surface area contributed by atoms with Crippen molar-refractivity contribution >= 4 is 18.1 Å². The van der Waals surface area contributed by atoms with Gasteiger partial charge in [0.15, 0.2) is 0 Å². The van der Waals surface area contributed by atoms with Crippen LogP contribution in [0.25, 0.3) is 6.08 Å². The van der Waals surface area contributed by atoms with E-state index in [2.05, 4.69) is 15.5 Å². The van der Waals surface area contributed by atoms with Gasteiger partial charge < -0.3 is 0 Å². The van der Waals surface area contributed by atoms with Gasteiger partial charge in [-0.05, 0) is 23.8 Å². The van der Waals surface area contributed by atoms with Crippen LogP contribution in [-0.4, -0.2) is 11.2 Å². The third kappa shape index (κ3) is 4.76. The first kappa shape index (κ1) is 14.8. The average molecular weight is 291 g/mol. The summed E-state index contributed by atoms with van der Waals surface area (Å²) in [5, 5.41) is 3.84. The maximum Gasteiger partial charge on any atom is 0.417 e. The number of allylic oxidation sites excluding steroid dienone is 1. The summed E-state index contributed by atoms with van der Waals surface area (Å²) in [7, 11) is 0. The van der Waals surface area contributed by atoms with Gasteiger partial charge in [-0.1, -0.05) is 36.4 Å². The summed E-state index contributed by atoms with van der Waals surface area (Å²) >= 11 is 0. The molecule has 108 valence electrons. The Kier molecular flexibility index (Phi) is 4.71. The molecule has 0 radical (unpaired) electrons. The predicted molar refractivity (Wildman–Crippen MR) is 76.8 cm³/mol. The minimum Gasteiger partial charge on any atom is -0.261 e. The summed E-state index contributed by atoms with van der Waals surface area (Å²) in [6, 6.07) is 11.8. The van der Waals surface area contributed by atoms with Crippen molar-refractivity contribution < 1.29 is 13.2 Å². The van der Waals surface area contributed by atoms with Gasteiger partial charge in [-0.2, -0.15) is 18.3 Å². The van der Waals surface area contributed by atoms with Gasteiger partial charge in [0.1, 0.15) is 5.82 Å². The van der Waals surface area contributed by atoms with Crippen LogP contribution in [0, 0.1) is 0 Å². The highest BCUT2D eigenvalue weighted by Crippen LogP contribution is 2.28. The topological polar surface area (TPSA) is 37.3 Å². The van der Waals surface area contributed by atoms with Gasteiger partial charge in [0.25, 0.3) is 0 Å². The summed E-state index contributed by atoms with van der Waals surface area (Å²) in [4.78, 5) is 3.63. The van der Waals surface area contributed by atoms with Crippen LogP contribution in [0.2, 0.25) is 0 Å². The van der Waals surface area contributed by atoms with Crippen molar-refractivity contribution in [3.63, 3.8) is 0 Å². The van der Waals surface area contributed by atoms with Crippen LogP contribution in [0.3, 0.4) is 0 Å². The summed E-state index contributed by atoms with van der Waals surface area (Å²) < 4.78 is 37.0. The average Bonchev–Trinajstić information content (AvgIpc) is 2.47. The number of nitrogens with zero attached hydrogens (tertiary/aromatic N) is 2. The SMILES string of the molecule is FC(F)(F)c1ccc(N/N=C/C=C/c2ccccc2)nc1. The second-order valence-electron chi connectivity index (χ2n) is 4.09. The summed E-state index contributed by atoms with van der Waals surface area (Å²) in [6.45, 7) is 0. The molecule has 2 aromatic rings. The fourth-order valence-corrected chi connectivity index (χ4v) is 1.49. The summed E-state index contributed by atoms with van der Waals surface area (Å²) in [5.41, 5.74) is 2.78. The molecule has 1 aromatic carbocycles. The first-order chi connectivity index (χ1) is 10.1. The predicted octanol–water partition coefficient (Wildman–Crippen LogP) is 4.21. The quantitative estimate of drug-likeness (QED) is 0.676. The molecule has 0 amide bonds. The number of anilines is 1. The highest BCUT2D eigenvalue weighted by Gasteiger charge is 2.30. The molecule has 0 unspecified atom stereocenters. The fourth-order valence-electron chi connectivity index (χ4n) is 1.49. The molecular weight excluding hydrogens is 279 g/mol. The Morgan fingerprint density at radius 2 is 1.81 bits per heavy atom. The minimum atomic E-state index is -4.38. The normalized spacial score (nSPS) is 12.1. The van der Waals surface area contributed by atoms with Gasteiger partial charge in [-0.15, -0.1) is 0 Å². The molecule has 1 heterocycles. The van der Waals surface area contributed by atoms with E-state index in [1.165, 1.54) is 12.3 Å². The smallest absolute Gasteiger partial charge is 0.261 e. The molecule has 2 rings (SSSR count). The minimum absolute atomic E-state index is 0.243. The van der Waals surface area contributed by atoms with E-state index in [1.54, 1.807) is 6.08 Å². The largest absolute Gasteiger partial charge is 0.417 e. The van der Waals surface area contributed by atoms with E-state index in [9.17, 15) is 13.2 Å². The highest BCUT2D eigenvalue weighted by atomic mass is 19.4. The number of alkyl halides is 3. The van der Waals surface area contributed by atoms with E-state index in [0.29, 0.717) is 0 Å². The van der Waals surface area contributed by atoms with Crippen molar-refractivity contribution in [2.24, 2.45) is 5.10 Å². The number of hydrazone groups is 1. The van der Waals surface area contributed by atoms with Crippen LogP contribution in [0.4, 0.5) is 19.0 Å². The number of hydrogen-bond donors (Lipinski definition) is 1. The molecule has 0 saturated carbocycles. The standard InChI is InChI=1S/C15H12F3N3/c16-15(17,18)13-8-9-14(19-11-13)21-20-10-4-7-12-5-2-1-3-6-12/h1-11H,(H,19,21)/b7-4+,20-10+.